The number of fused-ring (bicyclic) bond motifs is 1. The first-order chi connectivity index (χ1) is 17.7. The van der Waals surface area contributed by atoms with Crippen molar-refractivity contribution in [3.8, 4) is 0 Å². The van der Waals surface area contributed by atoms with Crippen molar-refractivity contribution in [2.45, 2.75) is 82.9 Å². The number of nitrogens with one attached hydrogen (secondary N) is 2. The van der Waals surface area contributed by atoms with E-state index in [1.54, 1.807) is 0 Å². The summed E-state index contributed by atoms with van der Waals surface area (Å²) in [5.41, 5.74) is 0.524. The highest BCUT2D eigenvalue weighted by Gasteiger charge is 2.60. The molecule has 2 unspecified atom stereocenters. The van der Waals surface area contributed by atoms with Gasteiger partial charge in [0.15, 0.2) is 5.69 Å². The molecule has 5 aliphatic rings. The van der Waals surface area contributed by atoms with Crippen LogP contribution in [0.15, 0.2) is 24.3 Å². The van der Waals surface area contributed by atoms with E-state index in [4.69, 9.17) is 0 Å². The number of nitrogens with zero attached hydrogens (tertiary/aromatic N) is 3. The van der Waals surface area contributed by atoms with Crippen molar-refractivity contribution >= 4 is 22.7 Å². The molecule has 0 spiro atoms. The quantitative estimate of drug-likeness (QED) is 0.534. The van der Waals surface area contributed by atoms with E-state index in [1.807, 2.05) is 28.9 Å². The lowest BCUT2D eigenvalue weighted by Crippen LogP contribution is -2.61. The maximum Gasteiger partial charge on any atom is 0.272 e. The van der Waals surface area contributed by atoms with Crippen molar-refractivity contribution in [3.05, 3.63) is 30.0 Å². The number of carbonyl (C=O) groups is 2. The van der Waals surface area contributed by atoms with E-state index in [0.29, 0.717) is 30.5 Å². The van der Waals surface area contributed by atoms with Gasteiger partial charge in [0.25, 0.3) is 5.91 Å². The van der Waals surface area contributed by atoms with Gasteiger partial charge in [-0.25, -0.2) is 0 Å². The van der Waals surface area contributed by atoms with Gasteiger partial charge >= 0.3 is 0 Å². The Kier molecular flexibility index (Phi) is 6.30. The Morgan fingerprint density at radius 3 is 2.49 bits per heavy atom. The van der Waals surface area contributed by atoms with Crippen molar-refractivity contribution in [2.75, 3.05) is 26.2 Å². The number of rotatable bonds is 7. The number of hydrogen-bond donors (Lipinski definition) is 3. The third kappa shape index (κ3) is 4.67. The summed E-state index contributed by atoms with van der Waals surface area (Å²) in [6.45, 7) is 7.32. The van der Waals surface area contributed by atoms with Crippen LogP contribution in [-0.4, -0.2) is 69.4 Å². The number of piperidine rings is 1. The summed E-state index contributed by atoms with van der Waals surface area (Å²) in [5.74, 6) is 1.10. The van der Waals surface area contributed by atoms with E-state index in [1.165, 1.54) is 6.42 Å². The van der Waals surface area contributed by atoms with E-state index in [-0.39, 0.29) is 29.3 Å². The molecule has 200 valence electrons. The Labute approximate surface area is 219 Å². The maximum atomic E-state index is 13.4. The van der Waals surface area contributed by atoms with Gasteiger partial charge < -0.3 is 20.6 Å². The minimum absolute atomic E-state index is 0.130. The van der Waals surface area contributed by atoms with Crippen LogP contribution in [0.3, 0.4) is 0 Å². The number of hydrogen-bond acceptors (Lipinski definition) is 5. The number of para-hydroxylation sites is 1. The predicted octanol–water partition coefficient (Wildman–Crippen LogP) is 3.26. The molecule has 4 bridgehead atoms. The largest absolute Gasteiger partial charge is 0.390 e. The van der Waals surface area contributed by atoms with Gasteiger partial charge in [-0.1, -0.05) is 18.2 Å². The molecule has 1 aromatic carbocycles. The van der Waals surface area contributed by atoms with E-state index < -0.39 is 5.60 Å². The third-order valence-corrected chi connectivity index (χ3v) is 9.47. The van der Waals surface area contributed by atoms with Gasteiger partial charge in [0.05, 0.1) is 16.5 Å². The van der Waals surface area contributed by atoms with Gasteiger partial charge in [-0.2, -0.15) is 5.10 Å². The second-order valence-electron chi connectivity index (χ2n) is 12.7. The average Bonchev–Trinajstić information content (AvgIpc) is 3.24. The Hall–Kier alpha value is -2.45. The minimum atomic E-state index is -0.603. The van der Waals surface area contributed by atoms with Crippen LogP contribution in [0.25, 0.3) is 10.9 Å². The second kappa shape index (κ2) is 9.38. The van der Waals surface area contributed by atoms with Gasteiger partial charge in [0, 0.05) is 43.6 Å². The lowest BCUT2D eigenvalue weighted by atomic mass is 9.47. The number of amides is 2. The molecule has 2 heterocycles. The van der Waals surface area contributed by atoms with Crippen LogP contribution in [0.4, 0.5) is 0 Å². The van der Waals surface area contributed by atoms with Crippen molar-refractivity contribution in [1.82, 2.24) is 25.3 Å². The summed E-state index contributed by atoms with van der Waals surface area (Å²) in [6.07, 6.45) is 7.41. The Balaban J connectivity index is 0.977. The molecule has 1 aromatic heterocycles. The van der Waals surface area contributed by atoms with Gasteiger partial charge in [-0.15, -0.1) is 0 Å². The smallest absolute Gasteiger partial charge is 0.272 e. The Morgan fingerprint density at radius 1 is 1.11 bits per heavy atom. The Bertz CT molecular complexity index is 1170. The molecule has 1 saturated heterocycles. The van der Waals surface area contributed by atoms with Crippen LogP contribution >= 0.6 is 0 Å². The summed E-state index contributed by atoms with van der Waals surface area (Å²) in [7, 11) is 0. The van der Waals surface area contributed by atoms with Crippen LogP contribution in [0, 0.1) is 17.3 Å². The third-order valence-electron chi connectivity index (χ3n) is 9.47. The monoisotopic (exact) mass is 507 g/mol. The second-order valence-corrected chi connectivity index (χ2v) is 12.7. The molecule has 8 nitrogen and oxygen atoms in total. The van der Waals surface area contributed by atoms with Crippen molar-refractivity contribution in [2.24, 2.45) is 17.3 Å². The molecular formula is C29H41N5O3. The fraction of sp³-hybridized carbons (Fsp3) is 0.690. The lowest BCUT2D eigenvalue weighted by Gasteiger charge is -2.59. The van der Waals surface area contributed by atoms with Crippen LogP contribution in [0.1, 0.15) is 81.7 Å². The van der Waals surface area contributed by atoms with E-state index in [0.717, 1.165) is 69.1 Å². The first-order valence-electron chi connectivity index (χ1n) is 14.2. The highest BCUT2D eigenvalue weighted by atomic mass is 16.3. The molecule has 2 aromatic rings. The SMILES string of the molecule is CC(C)n1nc(C(=O)NCCN2CCC(NC(=O)C34C[C@@H]5C[C@@H](CC(O)(C5)C3)C4)CC2)c2ccccc21. The molecule has 0 radical (unpaired) electrons. The minimum Gasteiger partial charge on any atom is -0.390 e. The van der Waals surface area contributed by atoms with Crippen LogP contribution in [-0.2, 0) is 4.79 Å². The van der Waals surface area contributed by atoms with Gasteiger partial charge in [0.1, 0.15) is 0 Å². The fourth-order valence-electron chi connectivity index (χ4n) is 8.18. The molecular weight excluding hydrogens is 466 g/mol. The standard InChI is InChI=1S/C29H41N5O3/c1-19(2)34-24-6-4-3-5-23(24)25(32-34)26(35)30-9-12-33-10-7-22(8-11-33)31-27(36)28-14-20-13-21(15-28)17-29(37,16-20)18-28/h3-6,19-22,37H,7-18H2,1-2H3,(H,30,35)(H,31,36)/t20-,21+,28?,29?. The first-order valence-corrected chi connectivity index (χ1v) is 14.2. The van der Waals surface area contributed by atoms with E-state index in [2.05, 4.69) is 34.5 Å². The molecule has 4 saturated carbocycles. The summed E-state index contributed by atoms with van der Waals surface area (Å²) < 4.78 is 1.91. The Morgan fingerprint density at radius 2 is 1.81 bits per heavy atom. The van der Waals surface area contributed by atoms with Crippen molar-refractivity contribution < 1.29 is 14.7 Å². The molecule has 8 heteroatoms. The summed E-state index contributed by atoms with van der Waals surface area (Å²) in [5, 5.41) is 22.9. The summed E-state index contributed by atoms with van der Waals surface area (Å²) in [4.78, 5) is 28.7. The zero-order valence-corrected chi connectivity index (χ0v) is 22.2. The topological polar surface area (TPSA) is 99.5 Å². The van der Waals surface area contributed by atoms with Gasteiger partial charge in [-0.05, 0) is 83.1 Å². The fourth-order valence-corrected chi connectivity index (χ4v) is 8.18. The zero-order valence-electron chi connectivity index (χ0n) is 22.2. The van der Waals surface area contributed by atoms with Crippen molar-refractivity contribution in [1.29, 1.82) is 0 Å². The molecule has 5 fully saturated rings. The lowest BCUT2D eigenvalue weighted by molar-refractivity contribution is -0.178. The number of aliphatic hydroxyl groups is 1. The summed E-state index contributed by atoms with van der Waals surface area (Å²) in [6, 6.07) is 8.27. The molecule has 3 N–H and O–H groups in total. The van der Waals surface area contributed by atoms with Crippen LogP contribution in [0.5, 0.6) is 0 Å². The van der Waals surface area contributed by atoms with E-state index >= 15 is 0 Å². The highest BCUT2D eigenvalue weighted by molar-refractivity contribution is 6.04. The molecule has 37 heavy (non-hydrogen) atoms. The molecule has 4 atom stereocenters. The molecule has 1 aliphatic heterocycles. The van der Waals surface area contributed by atoms with E-state index in [9.17, 15) is 14.7 Å². The number of carbonyl (C=O) groups excluding carboxylic acids is 2. The van der Waals surface area contributed by atoms with Crippen LogP contribution < -0.4 is 10.6 Å². The highest BCUT2D eigenvalue weighted by Crippen LogP contribution is 2.61. The number of benzene rings is 1. The normalized spacial score (nSPS) is 31.8. The predicted molar refractivity (Wildman–Crippen MR) is 142 cm³/mol. The summed E-state index contributed by atoms with van der Waals surface area (Å²) >= 11 is 0. The number of aromatic nitrogens is 2. The number of likely N-dealkylation sites (tertiary alicyclic amines) is 1. The molecule has 2 amide bonds. The first kappa shape index (κ1) is 24.9. The van der Waals surface area contributed by atoms with Crippen LogP contribution in [0.2, 0.25) is 0 Å². The molecule has 4 aliphatic carbocycles. The van der Waals surface area contributed by atoms with Gasteiger partial charge in [-0.3, -0.25) is 14.3 Å². The average molecular weight is 508 g/mol. The van der Waals surface area contributed by atoms with Gasteiger partial charge in [0.2, 0.25) is 5.91 Å². The maximum absolute atomic E-state index is 13.4. The molecule has 7 rings (SSSR count). The van der Waals surface area contributed by atoms with Crippen molar-refractivity contribution in [3.63, 3.8) is 0 Å². The zero-order chi connectivity index (χ0) is 25.8.